The summed E-state index contributed by atoms with van der Waals surface area (Å²) < 4.78 is 1.63. The van der Waals surface area contributed by atoms with Gasteiger partial charge in [0.05, 0.1) is 29.9 Å². The van der Waals surface area contributed by atoms with Gasteiger partial charge in [0, 0.05) is 20.7 Å². The van der Waals surface area contributed by atoms with Crippen LogP contribution in [0.2, 0.25) is 0 Å². The fourth-order valence-electron chi connectivity index (χ4n) is 2.72. The van der Waals surface area contributed by atoms with Gasteiger partial charge in [0.1, 0.15) is 4.83 Å². The Kier molecular flexibility index (Phi) is 3.96. The van der Waals surface area contributed by atoms with Crippen molar-refractivity contribution < 1.29 is 0 Å². The van der Waals surface area contributed by atoms with Crippen molar-refractivity contribution in [3.63, 3.8) is 0 Å². The van der Waals surface area contributed by atoms with Gasteiger partial charge in [0.2, 0.25) is 0 Å². The average molecular weight is 363 g/mol. The predicted octanol–water partition coefficient (Wildman–Crippen LogP) is 4.41. The zero-order valence-corrected chi connectivity index (χ0v) is 15.0. The molecule has 0 aliphatic rings. The molecule has 0 unspecified atom stereocenters. The lowest BCUT2D eigenvalue weighted by Crippen LogP contribution is -2.20. The van der Waals surface area contributed by atoms with Crippen molar-refractivity contribution in [1.82, 2.24) is 9.55 Å². The Bertz CT molecular complexity index is 1160. The van der Waals surface area contributed by atoms with Gasteiger partial charge in [-0.2, -0.15) is 5.26 Å². The third kappa shape index (κ3) is 2.88. The summed E-state index contributed by atoms with van der Waals surface area (Å²) in [7, 11) is 0. The van der Waals surface area contributed by atoms with E-state index in [2.05, 4.69) is 30.1 Å². The second-order valence-corrected chi connectivity index (χ2v) is 7.87. The molecular weight excluding hydrogens is 350 g/mol. The molecule has 0 saturated carbocycles. The SMILES string of the molecule is Cc1ccc(-c2csc3ncn(Cc4ccc(C#N)cc4)c(=O)c23)s1. The Hall–Kier alpha value is -2.75. The van der Waals surface area contributed by atoms with Gasteiger partial charge in [-0.05, 0) is 36.8 Å². The fourth-order valence-corrected chi connectivity index (χ4v) is 4.58. The van der Waals surface area contributed by atoms with Crippen molar-refractivity contribution in [2.45, 2.75) is 13.5 Å². The van der Waals surface area contributed by atoms with Crippen LogP contribution in [0.15, 0.2) is 52.9 Å². The van der Waals surface area contributed by atoms with Crippen LogP contribution in [0.25, 0.3) is 20.7 Å². The number of benzene rings is 1. The zero-order valence-electron chi connectivity index (χ0n) is 13.4. The van der Waals surface area contributed by atoms with E-state index in [1.807, 2.05) is 17.5 Å². The maximum atomic E-state index is 13.0. The van der Waals surface area contributed by atoms with E-state index in [1.54, 1.807) is 34.4 Å². The molecule has 1 aromatic carbocycles. The molecule has 3 heterocycles. The summed E-state index contributed by atoms with van der Waals surface area (Å²) in [5.41, 5.74) is 2.50. The normalized spacial score (nSPS) is 10.9. The second kappa shape index (κ2) is 6.28. The van der Waals surface area contributed by atoms with Crippen LogP contribution in [0.3, 0.4) is 0 Å². The number of nitriles is 1. The maximum Gasteiger partial charge on any atom is 0.263 e. The summed E-state index contributed by atoms with van der Waals surface area (Å²) in [6.07, 6.45) is 1.60. The van der Waals surface area contributed by atoms with E-state index >= 15 is 0 Å². The summed E-state index contributed by atoms with van der Waals surface area (Å²) in [5.74, 6) is 0. The maximum absolute atomic E-state index is 13.0. The van der Waals surface area contributed by atoms with Crippen molar-refractivity contribution in [1.29, 1.82) is 5.26 Å². The topological polar surface area (TPSA) is 58.7 Å². The van der Waals surface area contributed by atoms with Crippen LogP contribution in [0, 0.1) is 18.3 Å². The monoisotopic (exact) mass is 363 g/mol. The van der Waals surface area contributed by atoms with E-state index in [4.69, 9.17) is 5.26 Å². The zero-order chi connectivity index (χ0) is 17.4. The molecule has 0 bridgehead atoms. The van der Waals surface area contributed by atoms with Crippen molar-refractivity contribution in [3.8, 4) is 16.5 Å². The Morgan fingerprint density at radius 2 is 2.00 bits per heavy atom. The fraction of sp³-hybridized carbons (Fsp3) is 0.105. The first kappa shape index (κ1) is 15.8. The van der Waals surface area contributed by atoms with E-state index < -0.39 is 0 Å². The minimum absolute atomic E-state index is 0.0309. The molecule has 0 aliphatic carbocycles. The van der Waals surface area contributed by atoms with Gasteiger partial charge < -0.3 is 0 Å². The summed E-state index contributed by atoms with van der Waals surface area (Å²) in [4.78, 5) is 20.5. The van der Waals surface area contributed by atoms with Crippen molar-refractivity contribution in [2.24, 2.45) is 0 Å². The van der Waals surface area contributed by atoms with Gasteiger partial charge in [-0.25, -0.2) is 4.98 Å². The van der Waals surface area contributed by atoms with Crippen molar-refractivity contribution in [2.75, 3.05) is 0 Å². The van der Waals surface area contributed by atoms with Crippen molar-refractivity contribution >= 4 is 32.9 Å². The van der Waals surface area contributed by atoms with Crippen LogP contribution < -0.4 is 5.56 Å². The largest absolute Gasteiger partial charge is 0.294 e. The number of thiophene rings is 2. The molecule has 0 spiro atoms. The molecule has 25 heavy (non-hydrogen) atoms. The van der Waals surface area contributed by atoms with E-state index in [1.165, 1.54) is 16.2 Å². The lowest BCUT2D eigenvalue weighted by Gasteiger charge is -2.06. The first-order chi connectivity index (χ1) is 12.2. The highest BCUT2D eigenvalue weighted by Gasteiger charge is 2.14. The lowest BCUT2D eigenvalue weighted by atomic mass is 10.1. The summed E-state index contributed by atoms with van der Waals surface area (Å²) >= 11 is 3.18. The third-order valence-electron chi connectivity index (χ3n) is 4.00. The summed E-state index contributed by atoms with van der Waals surface area (Å²) in [6.45, 7) is 2.50. The number of fused-ring (bicyclic) bond motifs is 1. The quantitative estimate of drug-likeness (QED) is 0.541. The molecule has 4 aromatic rings. The molecule has 0 radical (unpaired) electrons. The first-order valence-electron chi connectivity index (χ1n) is 7.68. The van der Waals surface area contributed by atoms with Crippen LogP contribution >= 0.6 is 22.7 Å². The van der Waals surface area contributed by atoms with E-state index in [9.17, 15) is 4.79 Å². The minimum atomic E-state index is -0.0309. The molecule has 0 atom stereocenters. The van der Waals surface area contributed by atoms with Crippen LogP contribution in [0.1, 0.15) is 16.0 Å². The first-order valence-corrected chi connectivity index (χ1v) is 9.38. The molecular formula is C19H13N3OS2. The van der Waals surface area contributed by atoms with E-state index in [0.717, 1.165) is 20.8 Å². The van der Waals surface area contributed by atoms with Gasteiger partial charge in [-0.1, -0.05) is 12.1 Å². The molecule has 6 heteroatoms. The molecule has 0 amide bonds. The predicted molar refractivity (Wildman–Crippen MR) is 102 cm³/mol. The van der Waals surface area contributed by atoms with Crippen molar-refractivity contribution in [3.05, 3.63) is 74.5 Å². The highest BCUT2D eigenvalue weighted by molar-refractivity contribution is 7.19. The summed E-state index contributed by atoms with van der Waals surface area (Å²) in [5, 5.41) is 11.6. The number of nitrogens with zero attached hydrogens (tertiary/aromatic N) is 3. The van der Waals surface area contributed by atoms with Gasteiger partial charge >= 0.3 is 0 Å². The van der Waals surface area contributed by atoms with Crippen LogP contribution in [-0.2, 0) is 6.54 Å². The number of hydrogen-bond donors (Lipinski definition) is 0. The van der Waals surface area contributed by atoms with Gasteiger partial charge in [-0.3, -0.25) is 9.36 Å². The van der Waals surface area contributed by atoms with E-state index in [-0.39, 0.29) is 5.56 Å². The molecule has 0 fully saturated rings. The Balaban J connectivity index is 1.79. The minimum Gasteiger partial charge on any atom is -0.294 e. The van der Waals surface area contributed by atoms with Crippen LogP contribution in [-0.4, -0.2) is 9.55 Å². The average Bonchev–Trinajstić information content (AvgIpc) is 3.24. The molecule has 122 valence electrons. The van der Waals surface area contributed by atoms with Gasteiger partial charge in [0.25, 0.3) is 5.56 Å². The molecule has 3 aromatic heterocycles. The second-order valence-electron chi connectivity index (χ2n) is 5.73. The van der Waals surface area contributed by atoms with Gasteiger partial charge in [0.15, 0.2) is 0 Å². The number of aryl methyl sites for hydroxylation is 1. The number of hydrogen-bond acceptors (Lipinski definition) is 5. The smallest absolute Gasteiger partial charge is 0.263 e. The molecule has 4 nitrogen and oxygen atoms in total. The number of aromatic nitrogens is 2. The number of rotatable bonds is 3. The Morgan fingerprint density at radius 3 is 2.68 bits per heavy atom. The van der Waals surface area contributed by atoms with Crippen LogP contribution in [0.4, 0.5) is 0 Å². The Morgan fingerprint density at radius 1 is 1.20 bits per heavy atom. The molecule has 0 aliphatic heterocycles. The highest BCUT2D eigenvalue weighted by Crippen LogP contribution is 2.34. The lowest BCUT2D eigenvalue weighted by molar-refractivity contribution is 0.749. The molecule has 0 N–H and O–H groups in total. The molecule has 0 saturated heterocycles. The Labute approximate surface area is 152 Å². The highest BCUT2D eigenvalue weighted by atomic mass is 32.1. The standard InChI is InChI=1S/C19H13N3OS2/c1-12-2-7-16(25-12)15-10-24-18-17(15)19(23)22(11-21-18)9-14-5-3-13(8-20)4-6-14/h2-7,10-11H,9H2,1H3. The summed E-state index contributed by atoms with van der Waals surface area (Å²) in [6, 6.07) is 13.5. The van der Waals surface area contributed by atoms with Crippen LogP contribution in [0.5, 0.6) is 0 Å². The third-order valence-corrected chi connectivity index (χ3v) is 5.92. The van der Waals surface area contributed by atoms with E-state index in [0.29, 0.717) is 17.5 Å². The molecule has 4 rings (SSSR count). The van der Waals surface area contributed by atoms with Gasteiger partial charge in [-0.15, -0.1) is 22.7 Å².